The van der Waals surface area contributed by atoms with E-state index in [1.807, 2.05) is 0 Å². The minimum absolute atomic E-state index is 0.0271. The molecule has 1 aromatic heterocycles. The largest absolute Gasteiger partial charge is 0.444 e. The first kappa shape index (κ1) is 28.3. The van der Waals surface area contributed by atoms with Gasteiger partial charge < -0.3 is 20.7 Å². The zero-order valence-corrected chi connectivity index (χ0v) is 19.9. The molecule has 33 heavy (non-hydrogen) atoms. The van der Waals surface area contributed by atoms with E-state index in [2.05, 4.69) is 22.5 Å². The van der Waals surface area contributed by atoms with Crippen LogP contribution in [0.2, 0.25) is 0 Å². The average Bonchev–Trinajstić information content (AvgIpc) is 2.79. The second-order valence-corrected chi connectivity index (χ2v) is 9.25. The maximum atomic E-state index is 13.1. The molecular formula is C19H28FN5O6S2. The van der Waals surface area contributed by atoms with Crippen LogP contribution < -0.4 is 27.2 Å². The van der Waals surface area contributed by atoms with Gasteiger partial charge in [0.15, 0.2) is 6.73 Å². The smallest absolute Gasteiger partial charge is 0.331 e. The van der Waals surface area contributed by atoms with Gasteiger partial charge in [-0.2, -0.15) is 4.39 Å². The van der Waals surface area contributed by atoms with Gasteiger partial charge in [0, 0.05) is 50.2 Å². The van der Waals surface area contributed by atoms with Crippen LogP contribution in [0.25, 0.3) is 0 Å². The topological polar surface area (TPSA) is 151 Å². The normalized spacial score (nSPS) is 10.4. The van der Waals surface area contributed by atoms with Crippen LogP contribution in [0.4, 0.5) is 4.39 Å². The number of carbonyl (C=O) groups is 3. The van der Waals surface area contributed by atoms with Crippen molar-refractivity contribution in [2.75, 3.05) is 31.6 Å². The lowest BCUT2D eigenvalue weighted by Crippen LogP contribution is -2.32. The van der Waals surface area contributed by atoms with Crippen LogP contribution in [0.5, 0.6) is 0 Å². The Morgan fingerprint density at radius 1 is 1.06 bits per heavy atom. The molecular weight excluding hydrogens is 477 g/mol. The van der Waals surface area contributed by atoms with E-state index in [1.54, 1.807) is 33.6 Å². The molecule has 0 atom stereocenters. The maximum Gasteiger partial charge on any atom is 0.331 e. The van der Waals surface area contributed by atoms with Gasteiger partial charge in [0.2, 0.25) is 17.6 Å². The van der Waals surface area contributed by atoms with Crippen molar-refractivity contribution in [3.63, 3.8) is 0 Å². The van der Waals surface area contributed by atoms with E-state index < -0.39 is 29.8 Å². The summed E-state index contributed by atoms with van der Waals surface area (Å²) < 4.78 is 18.6. The molecule has 0 saturated heterocycles. The van der Waals surface area contributed by atoms with Crippen molar-refractivity contribution in [3.8, 4) is 0 Å². The number of ether oxygens (including phenoxy) is 1. The van der Waals surface area contributed by atoms with Crippen LogP contribution in [0, 0.1) is 5.82 Å². The number of nitrogens with zero attached hydrogens (tertiary/aromatic N) is 1. The van der Waals surface area contributed by atoms with Crippen molar-refractivity contribution in [3.05, 3.63) is 45.1 Å². The number of rotatable bonds is 16. The van der Waals surface area contributed by atoms with Gasteiger partial charge in [0.25, 0.3) is 5.56 Å². The number of hydrogen-bond donors (Lipinski definition) is 4. The average molecular weight is 506 g/mol. The standard InChI is InChI=1S/C19H28FN5O6S2/c1-13(21-2)3-4-15(26)22-7-9-32-33-10-8-23-16(27)5-6-17(28)31-12-25-11-14(20)18(29)24-19(25)30/h11,21H,1,3-10,12H2,2H3,(H,22,26)(H,23,27)(H,24,29,30). The minimum Gasteiger partial charge on any atom is -0.444 e. The summed E-state index contributed by atoms with van der Waals surface area (Å²) in [6, 6.07) is 0. The zero-order valence-electron chi connectivity index (χ0n) is 18.2. The third-order valence-corrected chi connectivity index (χ3v) is 6.40. The predicted octanol–water partition coefficient (Wildman–Crippen LogP) is 0.0837. The molecule has 0 aliphatic rings. The fourth-order valence-electron chi connectivity index (χ4n) is 2.16. The van der Waals surface area contributed by atoms with Gasteiger partial charge in [-0.15, -0.1) is 0 Å². The summed E-state index contributed by atoms with van der Waals surface area (Å²) in [6.45, 7) is 4.15. The molecule has 0 unspecified atom stereocenters. The van der Waals surface area contributed by atoms with Crippen LogP contribution in [-0.4, -0.2) is 59.0 Å². The molecule has 0 aliphatic carbocycles. The van der Waals surface area contributed by atoms with Gasteiger partial charge in [0.05, 0.1) is 12.6 Å². The lowest BCUT2D eigenvalue weighted by molar-refractivity contribution is -0.148. The number of esters is 1. The highest BCUT2D eigenvalue weighted by Gasteiger charge is 2.10. The molecule has 0 saturated carbocycles. The zero-order chi connectivity index (χ0) is 24.6. The fourth-order valence-corrected chi connectivity index (χ4v) is 3.97. The summed E-state index contributed by atoms with van der Waals surface area (Å²) in [5, 5.41) is 8.37. The van der Waals surface area contributed by atoms with Crippen LogP contribution >= 0.6 is 21.6 Å². The number of carbonyl (C=O) groups excluding carboxylic acids is 3. The highest BCUT2D eigenvalue weighted by atomic mass is 33.1. The van der Waals surface area contributed by atoms with E-state index >= 15 is 0 Å². The second-order valence-electron chi connectivity index (χ2n) is 6.55. The third-order valence-electron chi connectivity index (χ3n) is 3.99. The van der Waals surface area contributed by atoms with E-state index in [9.17, 15) is 28.4 Å². The molecule has 0 aliphatic heterocycles. The van der Waals surface area contributed by atoms with Crippen LogP contribution in [0.1, 0.15) is 25.7 Å². The summed E-state index contributed by atoms with van der Waals surface area (Å²) in [6.07, 6.45) is 1.30. The number of hydrogen-bond acceptors (Lipinski definition) is 9. The fraction of sp³-hybridized carbons (Fsp3) is 0.526. The van der Waals surface area contributed by atoms with Crippen molar-refractivity contribution in [2.45, 2.75) is 32.4 Å². The van der Waals surface area contributed by atoms with E-state index in [0.717, 1.165) is 11.4 Å². The molecule has 1 aromatic rings. The number of halogens is 1. The number of H-pyrrole nitrogens is 1. The van der Waals surface area contributed by atoms with Gasteiger partial charge in [-0.1, -0.05) is 28.2 Å². The van der Waals surface area contributed by atoms with Crippen LogP contribution in [-0.2, 0) is 25.9 Å². The van der Waals surface area contributed by atoms with E-state index in [1.165, 1.54) is 0 Å². The molecule has 11 nitrogen and oxygen atoms in total. The summed E-state index contributed by atoms with van der Waals surface area (Å²) in [5.41, 5.74) is -1.26. The van der Waals surface area contributed by atoms with Crippen LogP contribution in [0.15, 0.2) is 28.1 Å². The molecule has 0 aromatic carbocycles. The molecule has 0 radical (unpaired) electrons. The lowest BCUT2D eigenvalue weighted by atomic mass is 10.2. The summed E-state index contributed by atoms with van der Waals surface area (Å²) in [5.74, 6) is -0.910. The Morgan fingerprint density at radius 2 is 1.64 bits per heavy atom. The van der Waals surface area contributed by atoms with Crippen molar-refractivity contribution < 1.29 is 23.5 Å². The maximum absolute atomic E-state index is 13.1. The van der Waals surface area contributed by atoms with E-state index in [0.29, 0.717) is 42.4 Å². The SMILES string of the molecule is C=C(CCC(=O)NCCSSCCNC(=O)CCC(=O)OCn1cc(F)c(=O)[nH]c1=O)NC. The number of amides is 2. The first-order valence-corrected chi connectivity index (χ1v) is 12.5. The molecule has 184 valence electrons. The van der Waals surface area contributed by atoms with E-state index in [-0.39, 0.29) is 24.7 Å². The number of aromatic nitrogens is 2. The van der Waals surface area contributed by atoms with Crippen molar-refractivity contribution in [1.82, 2.24) is 25.5 Å². The molecule has 0 fully saturated rings. The summed E-state index contributed by atoms with van der Waals surface area (Å²) in [4.78, 5) is 59.2. The minimum atomic E-state index is -1.18. The van der Waals surface area contributed by atoms with Gasteiger partial charge in [-0.05, 0) is 6.42 Å². The van der Waals surface area contributed by atoms with Crippen molar-refractivity contribution in [1.29, 1.82) is 0 Å². The Bertz CT molecular complexity index is 936. The summed E-state index contributed by atoms with van der Waals surface area (Å²) in [7, 11) is 4.88. The Balaban J connectivity index is 2.04. The van der Waals surface area contributed by atoms with Crippen molar-refractivity contribution in [2.24, 2.45) is 0 Å². The first-order valence-electron chi connectivity index (χ1n) is 10.0. The molecule has 0 spiro atoms. The highest BCUT2D eigenvalue weighted by Crippen LogP contribution is 2.19. The Hall–Kier alpha value is -2.74. The Morgan fingerprint density at radius 3 is 2.21 bits per heavy atom. The number of aromatic amines is 1. The van der Waals surface area contributed by atoms with Crippen molar-refractivity contribution >= 4 is 39.4 Å². The number of allylic oxidation sites excluding steroid dienone is 1. The monoisotopic (exact) mass is 505 g/mol. The van der Waals surface area contributed by atoms with Gasteiger partial charge in [0.1, 0.15) is 0 Å². The Labute approximate surface area is 197 Å². The second kappa shape index (κ2) is 16.0. The molecule has 1 heterocycles. The lowest BCUT2D eigenvalue weighted by Gasteiger charge is -2.08. The number of nitrogens with one attached hydrogen (secondary N) is 4. The predicted molar refractivity (Wildman–Crippen MR) is 125 cm³/mol. The van der Waals surface area contributed by atoms with Gasteiger partial charge >= 0.3 is 11.7 Å². The van der Waals surface area contributed by atoms with Gasteiger partial charge in [-0.3, -0.25) is 28.7 Å². The third kappa shape index (κ3) is 12.8. The molecule has 0 bridgehead atoms. The van der Waals surface area contributed by atoms with E-state index in [4.69, 9.17) is 4.74 Å². The molecule has 4 N–H and O–H groups in total. The van der Waals surface area contributed by atoms with Crippen LogP contribution in [0.3, 0.4) is 0 Å². The quantitative estimate of drug-likeness (QED) is 0.139. The first-order chi connectivity index (χ1) is 15.7. The van der Waals surface area contributed by atoms with Gasteiger partial charge in [-0.25, -0.2) is 4.79 Å². The molecule has 14 heteroatoms. The summed E-state index contributed by atoms with van der Waals surface area (Å²) >= 11 is 0. The Kier molecular flexibility index (Phi) is 13.7. The molecule has 1 rings (SSSR count). The highest BCUT2D eigenvalue weighted by molar-refractivity contribution is 8.76. The molecule has 2 amide bonds.